The summed E-state index contributed by atoms with van der Waals surface area (Å²) in [5.41, 5.74) is 1.29. The Morgan fingerprint density at radius 3 is 2.65 bits per heavy atom. The van der Waals surface area contributed by atoms with Crippen molar-refractivity contribution >= 4 is 21.9 Å². The van der Waals surface area contributed by atoms with E-state index in [1.165, 1.54) is 37.7 Å². The zero-order valence-corrected chi connectivity index (χ0v) is 13.1. The Hall–Kier alpha value is -1.29. The number of nitrogens with one attached hydrogen (secondary N) is 1. The van der Waals surface area contributed by atoms with E-state index in [-0.39, 0.29) is 0 Å². The molecule has 1 aromatic carbocycles. The van der Waals surface area contributed by atoms with Gasteiger partial charge in [-0.25, -0.2) is 4.98 Å². The van der Waals surface area contributed by atoms with Crippen LogP contribution in [0.3, 0.4) is 0 Å². The number of halogens is 1. The van der Waals surface area contributed by atoms with Gasteiger partial charge in [0, 0.05) is 22.9 Å². The number of imidazole rings is 1. The second kappa shape index (κ2) is 6.44. The lowest BCUT2D eigenvalue weighted by Crippen LogP contribution is -2.24. The molecule has 106 valence electrons. The predicted molar refractivity (Wildman–Crippen MR) is 86.0 cm³/mol. The highest BCUT2D eigenvalue weighted by molar-refractivity contribution is 9.10. The summed E-state index contributed by atoms with van der Waals surface area (Å²) >= 11 is 3.47. The summed E-state index contributed by atoms with van der Waals surface area (Å²) in [7, 11) is 0. The molecule has 3 nitrogen and oxygen atoms in total. The molecule has 0 aliphatic heterocycles. The van der Waals surface area contributed by atoms with Crippen LogP contribution < -0.4 is 5.32 Å². The number of anilines is 1. The molecule has 1 N–H and O–H groups in total. The standard InChI is InChI=1S/C16H20BrN3/c17-14-8-6-13(7-9-14)12-20-11-10-18-16(20)19-15-4-2-1-3-5-15/h6-11,15H,1-5,12H2,(H,18,19). The zero-order chi connectivity index (χ0) is 13.8. The fraction of sp³-hybridized carbons (Fsp3) is 0.438. The van der Waals surface area contributed by atoms with Gasteiger partial charge in [-0.2, -0.15) is 0 Å². The molecule has 1 fully saturated rings. The van der Waals surface area contributed by atoms with Crippen molar-refractivity contribution < 1.29 is 0 Å². The quantitative estimate of drug-likeness (QED) is 0.896. The van der Waals surface area contributed by atoms with Gasteiger partial charge in [0.15, 0.2) is 0 Å². The number of rotatable bonds is 4. The normalized spacial score (nSPS) is 16.2. The summed E-state index contributed by atoms with van der Waals surface area (Å²) in [4.78, 5) is 4.47. The first-order chi connectivity index (χ1) is 9.81. The van der Waals surface area contributed by atoms with Gasteiger partial charge >= 0.3 is 0 Å². The third-order valence-corrected chi connectivity index (χ3v) is 4.45. The van der Waals surface area contributed by atoms with Gasteiger partial charge in [-0.05, 0) is 30.5 Å². The molecule has 0 saturated heterocycles. The Morgan fingerprint density at radius 1 is 1.15 bits per heavy atom. The van der Waals surface area contributed by atoms with E-state index in [9.17, 15) is 0 Å². The molecule has 1 aromatic heterocycles. The van der Waals surface area contributed by atoms with Crippen LogP contribution in [0.1, 0.15) is 37.7 Å². The van der Waals surface area contributed by atoms with Crippen molar-refractivity contribution in [2.24, 2.45) is 0 Å². The van der Waals surface area contributed by atoms with E-state index < -0.39 is 0 Å². The van der Waals surface area contributed by atoms with Gasteiger partial charge in [-0.15, -0.1) is 0 Å². The van der Waals surface area contributed by atoms with Gasteiger partial charge in [0.1, 0.15) is 0 Å². The SMILES string of the molecule is Brc1ccc(Cn2ccnc2NC2CCCCC2)cc1. The highest BCUT2D eigenvalue weighted by atomic mass is 79.9. The van der Waals surface area contributed by atoms with Gasteiger partial charge in [-0.1, -0.05) is 47.3 Å². The number of benzene rings is 1. The van der Waals surface area contributed by atoms with Crippen LogP contribution in [0.15, 0.2) is 41.1 Å². The summed E-state index contributed by atoms with van der Waals surface area (Å²) in [6.07, 6.45) is 10.5. The molecule has 0 bridgehead atoms. The van der Waals surface area contributed by atoms with Crippen molar-refractivity contribution in [1.82, 2.24) is 9.55 Å². The van der Waals surface area contributed by atoms with Crippen LogP contribution in [0.4, 0.5) is 5.95 Å². The van der Waals surface area contributed by atoms with Crippen molar-refractivity contribution in [3.05, 3.63) is 46.7 Å². The largest absolute Gasteiger partial charge is 0.353 e. The summed E-state index contributed by atoms with van der Waals surface area (Å²) in [6.45, 7) is 0.863. The summed E-state index contributed by atoms with van der Waals surface area (Å²) < 4.78 is 3.31. The average Bonchev–Trinajstić information content (AvgIpc) is 2.90. The molecule has 1 heterocycles. The smallest absolute Gasteiger partial charge is 0.203 e. The van der Waals surface area contributed by atoms with Crippen LogP contribution in [0.5, 0.6) is 0 Å². The molecule has 4 heteroatoms. The number of nitrogens with zero attached hydrogens (tertiary/aromatic N) is 2. The molecular weight excluding hydrogens is 314 g/mol. The van der Waals surface area contributed by atoms with E-state index in [2.05, 4.69) is 55.1 Å². The first kappa shape index (κ1) is 13.7. The number of hydrogen-bond donors (Lipinski definition) is 1. The minimum atomic E-state index is 0.592. The minimum absolute atomic E-state index is 0.592. The number of hydrogen-bond acceptors (Lipinski definition) is 2. The monoisotopic (exact) mass is 333 g/mol. The first-order valence-corrected chi connectivity index (χ1v) is 8.13. The van der Waals surface area contributed by atoms with Crippen molar-refractivity contribution in [2.45, 2.75) is 44.7 Å². The second-order valence-electron chi connectivity index (χ2n) is 5.48. The van der Waals surface area contributed by atoms with Gasteiger partial charge in [0.05, 0.1) is 6.54 Å². The van der Waals surface area contributed by atoms with Crippen molar-refractivity contribution in [1.29, 1.82) is 0 Å². The highest BCUT2D eigenvalue weighted by Crippen LogP contribution is 2.21. The van der Waals surface area contributed by atoms with Crippen LogP contribution in [-0.4, -0.2) is 15.6 Å². The molecule has 20 heavy (non-hydrogen) atoms. The predicted octanol–water partition coefficient (Wildman–Crippen LogP) is 4.44. The molecule has 1 aliphatic carbocycles. The summed E-state index contributed by atoms with van der Waals surface area (Å²) in [6, 6.07) is 9.05. The molecular formula is C16H20BrN3. The van der Waals surface area contributed by atoms with Crippen molar-refractivity contribution in [3.63, 3.8) is 0 Å². The molecule has 0 spiro atoms. The lowest BCUT2D eigenvalue weighted by atomic mass is 9.96. The van der Waals surface area contributed by atoms with Crippen molar-refractivity contribution in [3.8, 4) is 0 Å². The fourth-order valence-electron chi connectivity index (χ4n) is 2.79. The van der Waals surface area contributed by atoms with E-state index in [1.807, 2.05) is 12.4 Å². The maximum atomic E-state index is 4.47. The molecule has 2 aromatic rings. The van der Waals surface area contributed by atoms with E-state index in [0.29, 0.717) is 6.04 Å². The average molecular weight is 334 g/mol. The summed E-state index contributed by atoms with van der Waals surface area (Å²) in [5.74, 6) is 1.000. The Bertz CT molecular complexity index is 541. The molecule has 0 radical (unpaired) electrons. The van der Waals surface area contributed by atoms with Gasteiger partial charge < -0.3 is 9.88 Å². The maximum Gasteiger partial charge on any atom is 0.203 e. The van der Waals surface area contributed by atoms with Crippen LogP contribution in [0.2, 0.25) is 0 Å². The van der Waals surface area contributed by atoms with E-state index in [0.717, 1.165) is 17.0 Å². The van der Waals surface area contributed by atoms with Gasteiger partial charge in [0.25, 0.3) is 0 Å². The Balaban J connectivity index is 1.68. The topological polar surface area (TPSA) is 29.9 Å². The molecule has 1 aliphatic rings. The van der Waals surface area contributed by atoms with Crippen LogP contribution in [0.25, 0.3) is 0 Å². The van der Waals surface area contributed by atoms with E-state index >= 15 is 0 Å². The van der Waals surface area contributed by atoms with Crippen LogP contribution in [-0.2, 0) is 6.54 Å². The van der Waals surface area contributed by atoms with Crippen molar-refractivity contribution in [2.75, 3.05) is 5.32 Å². The minimum Gasteiger partial charge on any atom is -0.353 e. The molecule has 0 atom stereocenters. The van der Waals surface area contributed by atoms with Crippen LogP contribution in [0, 0.1) is 0 Å². The third-order valence-electron chi connectivity index (χ3n) is 3.92. The van der Waals surface area contributed by atoms with E-state index in [1.54, 1.807) is 0 Å². The van der Waals surface area contributed by atoms with Gasteiger partial charge in [0.2, 0.25) is 5.95 Å². The number of aromatic nitrogens is 2. The highest BCUT2D eigenvalue weighted by Gasteiger charge is 2.15. The Kier molecular flexibility index (Phi) is 4.41. The fourth-order valence-corrected chi connectivity index (χ4v) is 3.06. The van der Waals surface area contributed by atoms with Crippen LogP contribution >= 0.6 is 15.9 Å². The molecule has 1 saturated carbocycles. The summed E-state index contributed by atoms with van der Waals surface area (Å²) in [5, 5.41) is 3.60. The Labute approximate surface area is 128 Å². The lowest BCUT2D eigenvalue weighted by Gasteiger charge is -2.23. The molecule has 0 unspecified atom stereocenters. The third kappa shape index (κ3) is 3.42. The molecule has 3 rings (SSSR count). The Morgan fingerprint density at radius 2 is 1.90 bits per heavy atom. The maximum absolute atomic E-state index is 4.47. The zero-order valence-electron chi connectivity index (χ0n) is 11.6. The first-order valence-electron chi connectivity index (χ1n) is 7.33. The lowest BCUT2D eigenvalue weighted by molar-refractivity contribution is 0.459. The van der Waals surface area contributed by atoms with E-state index in [4.69, 9.17) is 0 Å². The molecule has 0 amide bonds. The van der Waals surface area contributed by atoms with Gasteiger partial charge in [-0.3, -0.25) is 0 Å². The second-order valence-corrected chi connectivity index (χ2v) is 6.40.